The minimum absolute atomic E-state index is 0.319. The predicted molar refractivity (Wildman–Crippen MR) is 85.1 cm³/mol. The second-order valence-electron chi connectivity index (χ2n) is 6.26. The van der Waals surface area contributed by atoms with Crippen LogP contribution in [0.1, 0.15) is 13.8 Å². The van der Waals surface area contributed by atoms with Crippen LogP contribution in [-0.4, -0.2) is 44.7 Å². The highest BCUT2D eigenvalue weighted by atomic mass is 31.1. The smallest absolute Gasteiger partial charge is 0.106 e. The van der Waals surface area contributed by atoms with Gasteiger partial charge in [0.05, 0.1) is 36.4 Å². The maximum absolute atomic E-state index is 12.6. The van der Waals surface area contributed by atoms with Gasteiger partial charge in [0.15, 0.2) is 0 Å². The number of hydrogen-bond acceptors (Lipinski definition) is 4. The van der Waals surface area contributed by atoms with Gasteiger partial charge in [0.1, 0.15) is 7.80 Å². The van der Waals surface area contributed by atoms with Crippen molar-refractivity contribution in [3.8, 4) is 0 Å². The largest absolute Gasteiger partial charge is 0.371 e. The molecule has 0 aromatic heterocycles. The lowest BCUT2D eigenvalue weighted by molar-refractivity contribution is 0.389. The number of benzene rings is 1. The second kappa shape index (κ2) is 6.43. The lowest BCUT2D eigenvalue weighted by Gasteiger charge is -2.25. The third-order valence-electron chi connectivity index (χ3n) is 3.67. The molecule has 0 N–H and O–H groups in total. The van der Waals surface area contributed by atoms with Gasteiger partial charge in [0, 0.05) is 19.3 Å². The highest BCUT2D eigenvalue weighted by Gasteiger charge is 2.32. The molecule has 115 valence electrons. The first-order chi connectivity index (χ1) is 10.1. The van der Waals surface area contributed by atoms with Crippen LogP contribution in [-0.2, 0) is 14.0 Å². The van der Waals surface area contributed by atoms with Crippen molar-refractivity contribution in [3.05, 3.63) is 24.3 Å². The van der Waals surface area contributed by atoms with Crippen LogP contribution < -0.4 is 10.2 Å². The lowest BCUT2D eigenvalue weighted by atomic mass is 10.2. The van der Waals surface area contributed by atoms with Crippen LogP contribution >= 0.6 is 7.80 Å². The highest BCUT2D eigenvalue weighted by molar-refractivity contribution is 7.53. The van der Waals surface area contributed by atoms with E-state index < -0.39 is 7.80 Å². The summed E-state index contributed by atoms with van der Waals surface area (Å²) in [6.45, 7) is 7.63. The Bertz CT molecular complexity index is 498. The van der Waals surface area contributed by atoms with Crippen molar-refractivity contribution < 1.29 is 14.0 Å². The Kier molecular flexibility index (Phi) is 4.58. The van der Waals surface area contributed by atoms with Crippen LogP contribution in [0.2, 0.25) is 0 Å². The van der Waals surface area contributed by atoms with Crippen molar-refractivity contribution in [2.24, 2.45) is 5.92 Å². The molecular formula is C16H23NO3P. The van der Waals surface area contributed by atoms with Gasteiger partial charge in [-0.3, -0.25) is 4.57 Å². The highest BCUT2D eigenvalue weighted by Crippen LogP contribution is 2.30. The van der Waals surface area contributed by atoms with Crippen molar-refractivity contribution in [1.82, 2.24) is 0 Å². The molecule has 0 aliphatic carbocycles. The number of anilines is 1. The monoisotopic (exact) mass is 308 g/mol. The zero-order chi connectivity index (χ0) is 14.8. The van der Waals surface area contributed by atoms with Gasteiger partial charge in [-0.25, -0.2) is 0 Å². The Hall–Kier alpha value is -0.960. The Morgan fingerprint density at radius 3 is 2.29 bits per heavy atom. The van der Waals surface area contributed by atoms with E-state index >= 15 is 0 Å². The normalized spacial score (nSPS) is 24.0. The summed E-state index contributed by atoms with van der Waals surface area (Å²) in [5.41, 5.74) is 1.09. The fraction of sp³-hybridized carbons (Fsp3) is 0.625. The molecule has 2 fully saturated rings. The number of epoxide rings is 2. The zero-order valence-corrected chi connectivity index (χ0v) is 13.6. The number of hydrogen-bond donors (Lipinski definition) is 0. The standard InChI is InChI=1S/C16H23NO3P/c1-12(2)11-21(18)16-6-4-3-5-15(16)17(7-13-9-19-13)8-14-10-20-14/h3-6,12-14H,7-11H2,1-2H3. The molecule has 1 radical (unpaired) electrons. The Morgan fingerprint density at radius 2 is 1.76 bits per heavy atom. The molecule has 5 heteroatoms. The van der Waals surface area contributed by atoms with Gasteiger partial charge in [-0.15, -0.1) is 0 Å². The van der Waals surface area contributed by atoms with Gasteiger partial charge in [0.2, 0.25) is 0 Å². The fourth-order valence-corrected chi connectivity index (χ4v) is 4.07. The van der Waals surface area contributed by atoms with Gasteiger partial charge in [-0.05, 0) is 18.1 Å². The molecule has 0 spiro atoms. The number of ether oxygens (including phenoxy) is 2. The van der Waals surface area contributed by atoms with Crippen LogP contribution in [0.3, 0.4) is 0 Å². The molecule has 1 aromatic rings. The molecule has 2 aliphatic heterocycles. The summed E-state index contributed by atoms with van der Waals surface area (Å²) in [5.74, 6) is 0.439. The lowest BCUT2D eigenvalue weighted by Crippen LogP contribution is -2.34. The molecule has 21 heavy (non-hydrogen) atoms. The minimum Gasteiger partial charge on any atom is -0.371 e. The summed E-state index contributed by atoms with van der Waals surface area (Å²) < 4.78 is 23.4. The molecule has 4 nitrogen and oxygen atoms in total. The summed E-state index contributed by atoms with van der Waals surface area (Å²) in [6, 6.07) is 8.08. The van der Waals surface area contributed by atoms with Crippen LogP contribution in [0.25, 0.3) is 0 Å². The molecule has 1 aromatic carbocycles. The SMILES string of the molecule is CC(C)C[P](=O)c1ccccc1N(CC1CO1)CC1CO1. The van der Waals surface area contributed by atoms with E-state index in [9.17, 15) is 4.57 Å². The minimum atomic E-state index is -1.35. The molecule has 3 rings (SSSR count). The van der Waals surface area contributed by atoms with Gasteiger partial charge >= 0.3 is 0 Å². The number of rotatable bonds is 8. The Labute approximate surface area is 127 Å². The molecule has 3 atom stereocenters. The van der Waals surface area contributed by atoms with Crippen LogP contribution in [0.5, 0.6) is 0 Å². The van der Waals surface area contributed by atoms with Crippen LogP contribution in [0.4, 0.5) is 5.69 Å². The van der Waals surface area contributed by atoms with Gasteiger partial charge in [-0.2, -0.15) is 0 Å². The number of para-hydroxylation sites is 1. The zero-order valence-electron chi connectivity index (χ0n) is 12.7. The molecule has 0 bridgehead atoms. The Balaban J connectivity index is 1.81. The summed E-state index contributed by atoms with van der Waals surface area (Å²) >= 11 is 0. The predicted octanol–water partition coefficient (Wildman–Crippen LogP) is 2.40. The van der Waals surface area contributed by atoms with E-state index in [-0.39, 0.29) is 0 Å². The van der Waals surface area contributed by atoms with Gasteiger partial charge < -0.3 is 14.4 Å². The summed E-state index contributed by atoms with van der Waals surface area (Å²) in [4.78, 5) is 2.29. The van der Waals surface area contributed by atoms with E-state index in [0.717, 1.165) is 43.5 Å². The van der Waals surface area contributed by atoms with E-state index in [4.69, 9.17) is 9.47 Å². The van der Waals surface area contributed by atoms with E-state index in [1.165, 1.54) is 0 Å². The number of nitrogens with zero attached hydrogens (tertiary/aromatic N) is 1. The first-order valence-corrected chi connectivity index (χ1v) is 9.10. The Morgan fingerprint density at radius 1 is 1.19 bits per heavy atom. The van der Waals surface area contributed by atoms with Crippen LogP contribution in [0, 0.1) is 5.92 Å². The van der Waals surface area contributed by atoms with E-state index in [1.54, 1.807) is 0 Å². The maximum Gasteiger partial charge on any atom is 0.106 e. The van der Waals surface area contributed by atoms with Gasteiger partial charge in [0.25, 0.3) is 0 Å². The van der Waals surface area contributed by atoms with E-state index in [2.05, 4.69) is 24.8 Å². The molecule has 2 aliphatic rings. The second-order valence-corrected chi connectivity index (χ2v) is 7.86. The summed E-state index contributed by atoms with van der Waals surface area (Å²) in [7, 11) is -1.35. The molecule has 3 unspecified atom stereocenters. The van der Waals surface area contributed by atoms with Gasteiger partial charge in [-0.1, -0.05) is 26.0 Å². The molecule has 0 saturated carbocycles. The molecule has 2 heterocycles. The first kappa shape index (κ1) is 15.0. The first-order valence-electron chi connectivity index (χ1n) is 7.65. The van der Waals surface area contributed by atoms with E-state index in [1.807, 2.05) is 18.2 Å². The van der Waals surface area contributed by atoms with Crippen molar-refractivity contribution in [1.29, 1.82) is 0 Å². The van der Waals surface area contributed by atoms with Crippen molar-refractivity contribution in [2.75, 3.05) is 37.4 Å². The fourth-order valence-electron chi connectivity index (χ4n) is 2.48. The quantitative estimate of drug-likeness (QED) is 0.546. The van der Waals surface area contributed by atoms with Crippen molar-refractivity contribution in [2.45, 2.75) is 26.1 Å². The molecule has 2 saturated heterocycles. The summed E-state index contributed by atoms with van der Waals surface area (Å²) in [6.07, 6.45) is 1.37. The maximum atomic E-state index is 12.6. The van der Waals surface area contributed by atoms with Crippen molar-refractivity contribution >= 4 is 18.8 Å². The average molecular weight is 308 g/mol. The molecular weight excluding hydrogens is 285 g/mol. The van der Waals surface area contributed by atoms with E-state index in [0.29, 0.717) is 18.1 Å². The van der Waals surface area contributed by atoms with Crippen LogP contribution in [0.15, 0.2) is 24.3 Å². The topological polar surface area (TPSA) is 45.4 Å². The summed E-state index contributed by atoms with van der Waals surface area (Å²) in [5, 5.41) is 0.975. The third kappa shape index (κ3) is 4.26. The van der Waals surface area contributed by atoms with Crippen molar-refractivity contribution in [3.63, 3.8) is 0 Å². The average Bonchev–Trinajstić information content (AvgIpc) is 3.32. The third-order valence-corrected chi connectivity index (χ3v) is 5.65. The molecule has 0 amide bonds.